The van der Waals surface area contributed by atoms with Gasteiger partial charge in [-0.05, 0) is 19.1 Å². The lowest BCUT2D eigenvalue weighted by Crippen LogP contribution is -2.22. The zero-order chi connectivity index (χ0) is 10.8. The Hall–Kier alpha value is -1.31. The molecule has 1 aromatic carbocycles. The third-order valence-corrected chi connectivity index (χ3v) is 1.37. The van der Waals surface area contributed by atoms with E-state index >= 15 is 0 Å². The van der Waals surface area contributed by atoms with Crippen LogP contribution in [0.4, 0.5) is 0 Å². The number of rotatable bonds is 2. The summed E-state index contributed by atoms with van der Waals surface area (Å²) in [5, 5.41) is 2.72. The Kier molecular flexibility index (Phi) is 11.6. The van der Waals surface area contributed by atoms with Crippen molar-refractivity contribution in [2.45, 2.75) is 34.6 Å². The summed E-state index contributed by atoms with van der Waals surface area (Å²) in [5.41, 5.74) is 0.717. The molecule has 86 valence electrons. The molecule has 0 fully saturated rings. The summed E-state index contributed by atoms with van der Waals surface area (Å²) in [7, 11) is 0. The predicted octanol–water partition coefficient (Wildman–Crippen LogP) is 3.49. The predicted molar refractivity (Wildman–Crippen MR) is 67.1 cm³/mol. The summed E-state index contributed by atoms with van der Waals surface area (Å²) in [6.07, 6.45) is 1.25. The Bertz CT molecular complexity index is 244. The molecule has 0 spiro atoms. The molecule has 0 atom stereocenters. The Morgan fingerprint density at radius 1 is 1.13 bits per heavy atom. The van der Waals surface area contributed by atoms with E-state index in [1.54, 1.807) is 12.1 Å². The van der Waals surface area contributed by atoms with Crippen LogP contribution in [0.3, 0.4) is 0 Å². The van der Waals surface area contributed by atoms with E-state index in [0.717, 1.165) is 0 Å². The minimum absolute atomic E-state index is 0. The van der Waals surface area contributed by atoms with Crippen molar-refractivity contribution in [2.75, 3.05) is 6.54 Å². The lowest BCUT2D eigenvalue weighted by molar-refractivity contribution is 0.0956. The smallest absolute Gasteiger partial charge is 0.251 e. The third kappa shape index (κ3) is 7.74. The summed E-state index contributed by atoms with van der Waals surface area (Å²) in [5.74, 6) is -0.00639. The Morgan fingerprint density at radius 2 is 1.60 bits per heavy atom. The molecule has 1 N–H and O–H groups in total. The first-order valence-corrected chi connectivity index (χ1v) is 5.09. The highest BCUT2D eigenvalue weighted by molar-refractivity contribution is 5.93. The van der Waals surface area contributed by atoms with Crippen LogP contribution in [0.25, 0.3) is 0 Å². The van der Waals surface area contributed by atoms with E-state index < -0.39 is 0 Å². The van der Waals surface area contributed by atoms with Crippen LogP contribution < -0.4 is 5.32 Å². The molecule has 0 unspecified atom stereocenters. The van der Waals surface area contributed by atoms with Crippen molar-refractivity contribution in [3.05, 3.63) is 35.9 Å². The van der Waals surface area contributed by atoms with Gasteiger partial charge in [0.2, 0.25) is 0 Å². The van der Waals surface area contributed by atoms with Crippen molar-refractivity contribution < 1.29 is 4.79 Å². The second-order valence-corrected chi connectivity index (χ2v) is 2.93. The zero-order valence-electron chi connectivity index (χ0n) is 9.21. The van der Waals surface area contributed by atoms with Crippen LogP contribution in [-0.4, -0.2) is 12.5 Å². The maximum absolute atomic E-state index is 11.1. The fraction of sp³-hybridized carbons (Fsp3) is 0.462. The van der Waals surface area contributed by atoms with Crippen LogP contribution in [0.1, 0.15) is 45.0 Å². The van der Waals surface area contributed by atoms with E-state index in [1.807, 2.05) is 25.1 Å². The van der Waals surface area contributed by atoms with Gasteiger partial charge in [-0.3, -0.25) is 4.79 Å². The number of hydrogen-bond acceptors (Lipinski definition) is 1. The molecule has 0 aromatic heterocycles. The quantitative estimate of drug-likeness (QED) is 0.793. The fourth-order valence-corrected chi connectivity index (χ4v) is 0.852. The van der Waals surface area contributed by atoms with Crippen molar-refractivity contribution in [1.29, 1.82) is 0 Å². The molecule has 0 bridgehead atoms. The van der Waals surface area contributed by atoms with Crippen LogP contribution in [0, 0.1) is 0 Å². The highest BCUT2D eigenvalue weighted by Gasteiger charge is 1.99. The number of benzene rings is 1. The summed E-state index contributed by atoms with van der Waals surface area (Å²) in [6, 6.07) is 9.19. The number of carbonyl (C=O) groups excluding carboxylic acids is 1. The van der Waals surface area contributed by atoms with E-state index in [9.17, 15) is 4.79 Å². The van der Waals surface area contributed by atoms with E-state index in [2.05, 4.69) is 19.2 Å². The number of hydrogen-bond donors (Lipinski definition) is 1. The minimum Gasteiger partial charge on any atom is -0.352 e. The molecule has 0 heterocycles. The molecule has 0 aliphatic rings. The van der Waals surface area contributed by atoms with Gasteiger partial charge in [-0.25, -0.2) is 0 Å². The molecular formula is C13H23NO. The lowest BCUT2D eigenvalue weighted by atomic mass is 10.2. The maximum Gasteiger partial charge on any atom is 0.251 e. The van der Waals surface area contributed by atoms with Gasteiger partial charge >= 0.3 is 0 Å². The Morgan fingerprint density at radius 3 is 2.00 bits per heavy atom. The van der Waals surface area contributed by atoms with Crippen LogP contribution in [-0.2, 0) is 0 Å². The van der Waals surface area contributed by atoms with Crippen molar-refractivity contribution in [3.8, 4) is 0 Å². The second kappa shape index (κ2) is 10.8. The Balaban J connectivity index is 0. The molecule has 2 nitrogen and oxygen atoms in total. The van der Waals surface area contributed by atoms with Gasteiger partial charge in [0, 0.05) is 12.1 Å². The zero-order valence-corrected chi connectivity index (χ0v) is 9.21. The molecule has 1 amide bonds. The van der Waals surface area contributed by atoms with Crippen molar-refractivity contribution in [2.24, 2.45) is 0 Å². The number of carbonyl (C=O) groups is 1. The van der Waals surface area contributed by atoms with E-state index in [-0.39, 0.29) is 13.3 Å². The summed E-state index contributed by atoms with van der Waals surface area (Å²) < 4.78 is 0. The van der Waals surface area contributed by atoms with E-state index in [4.69, 9.17) is 0 Å². The molecule has 2 heteroatoms. The molecule has 1 aromatic rings. The van der Waals surface area contributed by atoms with Gasteiger partial charge < -0.3 is 5.32 Å². The van der Waals surface area contributed by atoms with Crippen LogP contribution in [0.15, 0.2) is 30.3 Å². The molecule has 0 aliphatic heterocycles. The highest BCUT2D eigenvalue weighted by Crippen LogP contribution is 1.96. The maximum atomic E-state index is 11.1. The first-order chi connectivity index (χ1) is 6.76. The van der Waals surface area contributed by atoms with Gasteiger partial charge in [0.1, 0.15) is 0 Å². The van der Waals surface area contributed by atoms with E-state index in [0.29, 0.717) is 12.1 Å². The summed E-state index contributed by atoms with van der Waals surface area (Å²) in [4.78, 5) is 11.1. The van der Waals surface area contributed by atoms with Crippen molar-refractivity contribution in [1.82, 2.24) is 5.32 Å². The normalized spacial score (nSPS) is 7.93. The van der Waals surface area contributed by atoms with Crippen LogP contribution in [0.2, 0.25) is 0 Å². The average molecular weight is 209 g/mol. The first kappa shape index (κ1) is 16.1. The van der Waals surface area contributed by atoms with Gasteiger partial charge in [0.05, 0.1) is 0 Å². The minimum atomic E-state index is -0.00639. The van der Waals surface area contributed by atoms with Crippen LogP contribution >= 0.6 is 0 Å². The van der Waals surface area contributed by atoms with Gasteiger partial charge in [0.15, 0.2) is 0 Å². The fourth-order valence-electron chi connectivity index (χ4n) is 0.852. The second-order valence-electron chi connectivity index (χ2n) is 2.93. The first-order valence-electron chi connectivity index (χ1n) is 5.09. The topological polar surface area (TPSA) is 29.1 Å². The van der Waals surface area contributed by atoms with E-state index in [1.165, 1.54) is 6.42 Å². The molecule has 15 heavy (non-hydrogen) atoms. The molecular weight excluding hydrogens is 186 g/mol. The molecule has 0 radical (unpaired) electrons. The van der Waals surface area contributed by atoms with Crippen molar-refractivity contribution >= 4 is 5.91 Å². The molecule has 0 saturated heterocycles. The lowest BCUT2D eigenvalue weighted by Gasteiger charge is -1.99. The Labute approximate surface area is 93.7 Å². The van der Waals surface area contributed by atoms with Gasteiger partial charge in [-0.15, -0.1) is 0 Å². The SMILES string of the molecule is C.CCC.CCNC(=O)c1ccccc1. The van der Waals surface area contributed by atoms with Gasteiger partial charge in [-0.2, -0.15) is 0 Å². The standard InChI is InChI=1S/C9H11NO.C3H8.CH4/c1-2-10-9(11)8-6-4-3-5-7-8;1-3-2;/h3-7H,2H2,1H3,(H,10,11);3H2,1-2H3;1H4. The molecule has 1 rings (SSSR count). The van der Waals surface area contributed by atoms with Crippen LogP contribution in [0.5, 0.6) is 0 Å². The number of nitrogens with one attached hydrogen (secondary N) is 1. The highest BCUT2D eigenvalue weighted by atomic mass is 16.1. The monoisotopic (exact) mass is 209 g/mol. The average Bonchev–Trinajstić information content (AvgIpc) is 2.21. The van der Waals surface area contributed by atoms with Crippen molar-refractivity contribution in [3.63, 3.8) is 0 Å². The molecule has 0 saturated carbocycles. The third-order valence-electron chi connectivity index (χ3n) is 1.37. The van der Waals surface area contributed by atoms with Gasteiger partial charge in [-0.1, -0.05) is 45.9 Å². The number of amides is 1. The molecule has 0 aliphatic carbocycles. The van der Waals surface area contributed by atoms with Gasteiger partial charge in [0.25, 0.3) is 5.91 Å². The summed E-state index contributed by atoms with van der Waals surface area (Å²) in [6.45, 7) is 6.83. The largest absolute Gasteiger partial charge is 0.352 e. The summed E-state index contributed by atoms with van der Waals surface area (Å²) >= 11 is 0.